The number of amides is 1. The zero-order valence-electron chi connectivity index (χ0n) is 18.0. The average molecular weight is 505 g/mol. The molecule has 0 atom stereocenters. The van der Waals surface area contributed by atoms with Crippen LogP contribution >= 0.6 is 27.7 Å². The largest absolute Gasteiger partial charge is 0.497 e. The lowest BCUT2D eigenvalue weighted by Gasteiger charge is -2.14. The van der Waals surface area contributed by atoms with Crippen molar-refractivity contribution in [1.29, 1.82) is 0 Å². The molecule has 6 nitrogen and oxygen atoms in total. The third-order valence-electron chi connectivity index (χ3n) is 4.50. The number of nitrogens with zero attached hydrogens (tertiary/aromatic N) is 2. The topological polar surface area (TPSA) is 60.4 Å². The van der Waals surface area contributed by atoms with Gasteiger partial charge in [0.25, 0.3) is 5.91 Å². The Kier molecular flexibility index (Phi) is 8.03. The number of carbonyl (C=O) groups excluding carboxylic acids is 1. The number of rotatable bonds is 8. The van der Waals surface area contributed by atoms with Crippen LogP contribution in [0.25, 0.3) is 6.08 Å². The number of ether oxygens (including phenoxy) is 3. The first-order valence-electron chi connectivity index (χ1n) is 9.95. The molecule has 0 aromatic heterocycles. The van der Waals surface area contributed by atoms with Crippen LogP contribution in [0.15, 0.2) is 50.8 Å². The van der Waals surface area contributed by atoms with Crippen molar-refractivity contribution in [2.24, 2.45) is 4.99 Å². The highest BCUT2D eigenvalue weighted by atomic mass is 79.9. The minimum atomic E-state index is -0.0566. The van der Waals surface area contributed by atoms with Gasteiger partial charge in [-0.25, -0.2) is 4.99 Å². The SMILES string of the molecule is CCCN1C(=O)/C(=C/c2cc(OC)c(OCC)cc2Br)SC1=Nc1ccc(OC)cc1. The molecule has 8 heteroatoms. The number of methoxy groups -OCH3 is 2. The van der Waals surface area contributed by atoms with Crippen LogP contribution in [0.2, 0.25) is 0 Å². The Morgan fingerprint density at radius 1 is 1.10 bits per heavy atom. The van der Waals surface area contributed by atoms with E-state index in [9.17, 15) is 4.79 Å². The summed E-state index contributed by atoms with van der Waals surface area (Å²) in [6, 6.07) is 11.2. The summed E-state index contributed by atoms with van der Waals surface area (Å²) in [7, 11) is 3.22. The molecule has 0 bridgehead atoms. The van der Waals surface area contributed by atoms with Crippen molar-refractivity contribution in [3.8, 4) is 17.2 Å². The van der Waals surface area contributed by atoms with Crippen LogP contribution in [-0.2, 0) is 4.79 Å². The van der Waals surface area contributed by atoms with Gasteiger partial charge in [-0.2, -0.15) is 0 Å². The summed E-state index contributed by atoms with van der Waals surface area (Å²) >= 11 is 4.95. The molecule has 31 heavy (non-hydrogen) atoms. The molecule has 0 spiro atoms. The van der Waals surface area contributed by atoms with E-state index in [1.165, 1.54) is 11.8 Å². The molecule has 1 aliphatic rings. The Hall–Kier alpha value is -2.45. The third-order valence-corrected chi connectivity index (χ3v) is 6.20. The van der Waals surface area contributed by atoms with Gasteiger partial charge in [-0.15, -0.1) is 0 Å². The van der Waals surface area contributed by atoms with Crippen molar-refractivity contribution in [3.63, 3.8) is 0 Å². The number of halogens is 1. The smallest absolute Gasteiger partial charge is 0.266 e. The standard InChI is InChI=1S/C23H25BrN2O4S/c1-5-11-26-22(27)21(31-23(26)25-16-7-9-17(28-3)10-8-16)13-15-12-19(29-4)20(30-6-2)14-18(15)24/h7-10,12-14H,5-6,11H2,1-4H3/b21-13-,25-23?. The molecule has 2 aromatic rings. The summed E-state index contributed by atoms with van der Waals surface area (Å²) in [4.78, 5) is 20.1. The summed E-state index contributed by atoms with van der Waals surface area (Å²) in [5, 5.41) is 0.664. The Morgan fingerprint density at radius 2 is 1.84 bits per heavy atom. The zero-order valence-corrected chi connectivity index (χ0v) is 20.4. The molecule has 1 heterocycles. The Labute approximate surface area is 195 Å². The second kappa shape index (κ2) is 10.7. The lowest BCUT2D eigenvalue weighted by molar-refractivity contribution is -0.122. The van der Waals surface area contributed by atoms with Gasteiger partial charge in [0.05, 0.1) is 31.4 Å². The predicted molar refractivity (Wildman–Crippen MR) is 130 cm³/mol. The van der Waals surface area contributed by atoms with Gasteiger partial charge >= 0.3 is 0 Å². The van der Waals surface area contributed by atoms with Crippen molar-refractivity contribution < 1.29 is 19.0 Å². The maximum atomic E-state index is 13.1. The lowest BCUT2D eigenvalue weighted by Crippen LogP contribution is -2.29. The van der Waals surface area contributed by atoms with Crippen LogP contribution in [0.4, 0.5) is 5.69 Å². The third kappa shape index (κ3) is 5.43. The van der Waals surface area contributed by atoms with Gasteiger partial charge < -0.3 is 14.2 Å². The summed E-state index contributed by atoms with van der Waals surface area (Å²) in [5.74, 6) is 1.97. The fraction of sp³-hybridized carbons (Fsp3) is 0.304. The van der Waals surface area contributed by atoms with Crippen molar-refractivity contribution in [1.82, 2.24) is 4.90 Å². The van der Waals surface area contributed by atoms with E-state index >= 15 is 0 Å². The molecule has 0 radical (unpaired) electrons. The van der Waals surface area contributed by atoms with Crippen LogP contribution in [0.1, 0.15) is 25.8 Å². The molecule has 3 rings (SSSR count). The minimum Gasteiger partial charge on any atom is -0.497 e. The normalized spacial score (nSPS) is 16.3. The van der Waals surface area contributed by atoms with E-state index in [1.807, 2.05) is 56.3 Å². The highest BCUT2D eigenvalue weighted by Gasteiger charge is 2.33. The van der Waals surface area contributed by atoms with Crippen molar-refractivity contribution in [2.45, 2.75) is 20.3 Å². The maximum absolute atomic E-state index is 13.1. The van der Waals surface area contributed by atoms with Crippen molar-refractivity contribution in [3.05, 3.63) is 51.3 Å². The predicted octanol–water partition coefficient (Wildman–Crippen LogP) is 5.88. The zero-order chi connectivity index (χ0) is 22.4. The average Bonchev–Trinajstić information content (AvgIpc) is 3.05. The van der Waals surface area contributed by atoms with Crippen molar-refractivity contribution in [2.75, 3.05) is 27.4 Å². The number of benzene rings is 2. The molecule has 0 saturated carbocycles. The molecule has 0 aliphatic carbocycles. The quantitative estimate of drug-likeness (QED) is 0.420. The Balaban J connectivity index is 1.95. The highest BCUT2D eigenvalue weighted by Crippen LogP contribution is 2.38. The van der Waals surface area contributed by atoms with E-state index in [2.05, 4.69) is 15.9 Å². The molecule has 1 amide bonds. The first-order valence-corrected chi connectivity index (χ1v) is 11.6. The van der Waals surface area contributed by atoms with Crippen LogP contribution < -0.4 is 14.2 Å². The van der Waals surface area contributed by atoms with E-state index in [-0.39, 0.29) is 5.91 Å². The fourth-order valence-corrected chi connectivity index (χ4v) is 4.46. The summed E-state index contributed by atoms with van der Waals surface area (Å²) in [6.07, 6.45) is 2.69. The Bertz CT molecular complexity index is 1010. The summed E-state index contributed by atoms with van der Waals surface area (Å²) < 4.78 is 17.1. The first kappa shape index (κ1) is 23.2. The molecule has 0 N–H and O–H groups in total. The number of carbonyl (C=O) groups is 1. The van der Waals surface area contributed by atoms with Crippen LogP contribution in [0.5, 0.6) is 17.2 Å². The van der Waals surface area contributed by atoms with Crippen LogP contribution in [0, 0.1) is 0 Å². The highest BCUT2D eigenvalue weighted by molar-refractivity contribution is 9.10. The van der Waals surface area contributed by atoms with E-state index < -0.39 is 0 Å². The molecule has 1 saturated heterocycles. The molecule has 0 unspecified atom stereocenters. The fourth-order valence-electron chi connectivity index (χ4n) is 3.01. The molecule has 1 aliphatic heterocycles. The second-order valence-corrected chi connectivity index (χ2v) is 8.48. The van der Waals surface area contributed by atoms with E-state index in [4.69, 9.17) is 19.2 Å². The van der Waals surface area contributed by atoms with E-state index in [0.29, 0.717) is 34.7 Å². The number of aliphatic imine (C=N–C) groups is 1. The van der Waals surface area contributed by atoms with Gasteiger partial charge in [-0.3, -0.25) is 9.69 Å². The monoisotopic (exact) mass is 504 g/mol. The van der Waals surface area contributed by atoms with Gasteiger partial charge in [0.15, 0.2) is 16.7 Å². The van der Waals surface area contributed by atoms with Gasteiger partial charge in [0, 0.05) is 11.0 Å². The number of thioether (sulfide) groups is 1. The molecular weight excluding hydrogens is 480 g/mol. The molecular formula is C23H25BrN2O4S. The molecule has 1 fully saturated rings. The summed E-state index contributed by atoms with van der Waals surface area (Å²) in [6.45, 7) is 5.10. The van der Waals surface area contributed by atoms with Gasteiger partial charge in [0.2, 0.25) is 0 Å². The Morgan fingerprint density at radius 3 is 2.45 bits per heavy atom. The second-order valence-electron chi connectivity index (χ2n) is 6.62. The van der Waals surface area contributed by atoms with Crippen LogP contribution in [-0.4, -0.2) is 43.3 Å². The van der Waals surface area contributed by atoms with Crippen LogP contribution in [0.3, 0.4) is 0 Å². The molecule has 2 aromatic carbocycles. The number of amidine groups is 1. The maximum Gasteiger partial charge on any atom is 0.266 e. The lowest BCUT2D eigenvalue weighted by atomic mass is 10.2. The number of hydrogen-bond acceptors (Lipinski definition) is 6. The van der Waals surface area contributed by atoms with Gasteiger partial charge in [-0.1, -0.05) is 22.9 Å². The number of hydrogen-bond donors (Lipinski definition) is 0. The van der Waals surface area contributed by atoms with Gasteiger partial charge in [0.1, 0.15) is 5.75 Å². The van der Waals surface area contributed by atoms with Gasteiger partial charge in [-0.05, 0) is 73.1 Å². The van der Waals surface area contributed by atoms with E-state index in [0.717, 1.165) is 27.9 Å². The van der Waals surface area contributed by atoms with E-state index in [1.54, 1.807) is 19.1 Å². The molecule has 164 valence electrons. The first-order chi connectivity index (χ1) is 15.0. The van der Waals surface area contributed by atoms with Crippen molar-refractivity contribution >= 4 is 50.5 Å². The minimum absolute atomic E-state index is 0.0566. The summed E-state index contributed by atoms with van der Waals surface area (Å²) in [5.41, 5.74) is 1.60.